The second kappa shape index (κ2) is 6.19. The minimum atomic E-state index is -1.31. The average Bonchev–Trinajstić information content (AvgIpc) is 3.46. The highest BCUT2D eigenvalue weighted by Gasteiger charge is 2.41. The highest BCUT2D eigenvalue weighted by molar-refractivity contribution is 6.38. The Hall–Kier alpha value is -2.12. The lowest BCUT2D eigenvalue weighted by Crippen LogP contribution is -2.64. The highest BCUT2D eigenvalue weighted by atomic mass is 35.5. The normalized spacial score (nSPS) is 21.1. The number of pyridine rings is 1. The Kier molecular flexibility index (Phi) is 3.97. The van der Waals surface area contributed by atoms with E-state index in [1.165, 1.54) is 12.3 Å². The van der Waals surface area contributed by atoms with Crippen LogP contribution in [0.15, 0.2) is 17.1 Å². The van der Waals surface area contributed by atoms with E-state index in [1.54, 1.807) is 4.57 Å². The van der Waals surface area contributed by atoms with Gasteiger partial charge >= 0.3 is 5.97 Å². The maximum Gasteiger partial charge on any atom is 0.341 e. The van der Waals surface area contributed by atoms with Crippen molar-refractivity contribution in [2.24, 2.45) is 0 Å². The fraction of sp³-hybridized carbons (Fsp3) is 0.500. The van der Waals surface area contributed by atoms with Crippen molar-refractivity contribution in [1.29, 1.82) is 0 Å². The van der Waals surface area contributed by atoms with Crippen LogP contribution in [0.1, 0.15) is 48.5 Å². The molecule has 1 spiro atoms. The van der Waals surface area contributed by atoms with Crippen LogP contribution >= 0.6 is 11.6 Å². The fourth-order valence-electron chi connectivity index (χ4n) is 4.60. The summed E-state index contributed by atoms with van der Waals surface area (Å²) in [6, 6.07) is 1.26. The molecule has 1 saturated heterocycles. The number of rotatable bonds is 3. The molecule has 148 valence electrons. The molecule has 28 heavy (non-hydrogen) atoms. The number of piperazine rings is 1. The van der Waals surface area contributed by atoms with Crippen molar-refractivity contribution in [2.45, 2.75) is 43.7 Å². The largest absolute Gasteiger partial charge is 0.477 e. The Balaban J connectivity index is 1.71. The summed E-state index contributed by atoms with van der Waals surface area (Å²) in [5.74, 6) is -1.88. The number of aromatic carboxylic acids is 1. The van der Waals surface area contributed by atoms with Gasteiger partial charge in [0.25, 0.3) is 0 Å². The summed E-state index contributed by atoms with van der Waals surface area (Å²) in [4.78, 5) is 26.1. The zero-order chi connectivity index (χ0) is 19.6. The number of hydrogen-bond donors (Lipinski definition) is 2. The SMILES string of the molecule is O=C(O)c1cn(C2CC2)c2c(Cl)c(N3CCNC4(CCC4)C3)c(F)cc2c1=O. The van der Waals surface area contributed by atoms with Gasteiger partial charge in [-0.3, -0.25) is 4.79 Å². The first-order chi connectivity index (χ1) is 13.4. The molecule has 3 fully saturated rings. The minimum absolute atomic E-state index is 0.0201. The monoisotopic (exact) mass is 405 g/mol. The van der Waals surface area contributed by atoms with Crippen molar-refractivity contribution in [3.05, 3.63) is 38.9 Å². The third-order valence-corrected chi connectivity index (χ3v) is 6.71. The highest BCUT2D eigenvalue weighted by Crippen LogP contribution is 2.43. The van der Waals surface area contributed by atoms with Gasteiger partial charge in [-0.05, 0) is 38.2 Å². The van der Waals surface area contributed by atoms with Crippen LogP contribution in [0.3, 0.4) is 0 Å². The molecule has 1 aromatic heterocycles. The van der Waals surface area contributed by atoms with Gasteiger partial charge in [0.05, 0.1) is 21.6 Å². The number of nitrogens with one attached hydrogen (secondary N) is 1. The molecular formula is C20H21ClFN3O3. The Morgan fingerprint density at radius 1 is 1.36 bits per heavy atom. The van der Waals surface area contributed by atoms with Gasteiger partial charge < -0.3 is 19.9 Å². The quantitative estimate of drug-likeness (QED) is 0.820. The van der Waals surface area contributed by atoms with Gasteiger partial charge in [0.2, 0.25) is 5.43 Å². The smallest absolute Gasteiger partial charge is 0.341 e. The van der Waals surface area contributed by atoms with Crippen molar-refractivity contribution < 1.29 is 14.3 Å². The maximum absolute atomic E-state index is 15.2. The van der Waals surface area contributed by atoms with Crippen molar-refractivity contribution in [3.8, 4) is 0 Å². The molecule has 5 rings (SSSR count). The molecule has 6 nitrogen and oxygen atoms in total. The molecule has 2 aliphatic carbocycles. The number of carboxylic acids is 1. The lowest BCUT2D eigenvalue weighted by molar-refractivity contribution is 0.0695. The van der Waals surface area contributed by atoms with E-state index in [0.29, 0.717) is 24.3 Å². The van der Waals surface area contributed by atoms with E-state index in [0.717, 1.165) is 38.6 Å². The molecule has 2 aromatic rings. The number of aromatic nitrogens is 1. The molecule has 2 heterocycles. The van der Waals surface area contributed by atoms with Crippen molar-refractivity contribution in [2.75, 3.05) is 24.5 Å². The minimum Gasteiger partial charge on any atom is -0.477 e. The summed E-state index contributed by atoms with van der Waals surface area (Å²) < 4.78 is 16.9. The summed E-state index contributed by atoms with van der Waals surface area (Å²) in [7, 11) is 0. The van der Waals surface area contributed by atoms with Gasteiger partial charge in [0, 0.05) is 37.4 Å². The van der Waals surface area contributed by atoms with Gasteiger partial charge in [-0.25, -0.2) is 9.18 Å². The molecule has 0 radical (unpaired) electrons. The van der Waals surface area contributed by atoms with E-state index in [-0.39, 0.29) is 27.6 Å². The van der Waals surface area contributed by atoms with Gasteiger partial charge in [0.15, 0.2) is 0 Å². The molecular weight excluding hydrogens is 385 g/mol. The fourth-order valence-corrected chi connectivity index (χ4v) is 5.01. The van der Waals surface area contributed by atoms with Crippen molar-refractivity contribution >= 4 is 34.2 Å². The Labute approximate surface area is 165 Å². The van der Waals surface area contributed by atoms with Crippen molar-refractivity contribution in [3.63, 3.8) is 0 Å². The molecule has 3 aliphatic rings. The molecule has 2 saturated carbocycles. The lowest BCUT2D eigenvalue weighted by Gasteiger charge is -2.50. The van der Waals surface area contributed by atoms with E-state index >= 15 is 4.39 Å². The summed E-state index contributed by atoms with van der Waals surface area (Å²) in [6.07, 6.45) is 6.42. The van der Waals surface area contributed by atoms with E-state index in [2.05, 4.69) is 5.32 Å². The predicted molar refractivity (Wildman–Crippen MR) is 105 cm³/mol. The number of carboxylic acid groups (broad SMARTS) is 1. The average molecular weight is 406 g/mol. The molecule has 0 unspecified atom stereocenters. The van der Waals surface area contributed by atoms with E-state index < -0.39 is 17.2 Å². The summed E-state index contributed by atoms with van der Waals surface area (Å²) >= 11 is 6.71. The number of fused-ring (bicyclic) bond motifs is 1. The molecule has 1 aliphatic heterocycles. The second-order valence-electron chi connectivity index (χ2n) is 8.21. The molecule has 0 amide bonds. The van der Waals surface area contributed by atoms with Crippen LogP contribution in [0.4, 0.5) is 10.1 Å². The van der Waals surface area contributed by atoms with E-state index in [9.17, 15) is 14.7 Å². The molecule has 8 heteroatoms. The van der Waals surface area contributed by atoms with Gasteiger partial charge in [-0.15, -0.1) is 0 Å². The number of halogens is 2. The Morgan fingerprint density at radius 2 is 2.11 bits per heavy atom. The Morgan fingerprint density at radius 3 is 2.71 bits per heavy atom. The Bertz CT molecular complexity index is 1060. The number of nitrogens with zero attached hydrogens (tertiary/aromatic N) is 2. The van der Waals surface area contributed by atoms with Crippen LogP contribution in [0.25, 0.3) is 10.9 Å². The first kappa shape index (κ1) is 17.9. The number of anilines is 1. The number of carbonyl (C=O) groups is 1. The van der Waals surface area contributed by atoms with Crippen LogP contribution in [-0.2, 0) is 0 Å². The molecule has 0 atom stereocenters. The van der Waals surface area contributed by atoms with Crippen LogP contribution in [0, 0.1) is 5.82 Å². The topological polar surface area (TPSA) is 74.6 Å². The third kappa shape index (κ3) is 2.63. The molecule has 1 aromatic carbocycles. The van der Waals surface area contributed by atoms with Crippen LogP contribution in [0.2, 0.25) is 5.02 Å². The second-order valence-corrected chi connectivity index (χ2v) is 8.59. The van der Waals surface area contributed by atoms with Crippen LogP contribution < -0.4 is 15.6 Å². The van der Waals surface area contributed by atoms with Crippen molar-refractivity contribution in [1.82, 2.24) is 9.88 Å². The van der Waals surface area contributed by atoms with Crippen LogP contribution in [0.5, 0.6) is 0 Å². The third-order valence-electron chi connectivity index (χ3n) is 6.36. The van der Waals surface area contributed by atoms with Crippen LogP contribution in [-0.4, -0.2) is 40.8 Å². The first-order valence-corrected chi connectivity index (χ1v) is 10.1. The first-order valence-electron chi connectivity index (χ1n) is 9.70. The lowest BCUT2D eigenvalue weighted by atomic mass is 9.75. The number of hydrogen-bond acceptors (Lipinski definition) is 4. The van der Waals surface area contributed by atoms with Gasteiger partial charge in [-0.2, -0.15) is 0 Å². The standard InChI is InChI=1S/C20H21ClFN3O3/c21-15-16-12(18(26)13(19(27)28)9-25(16)11-2-3-11)8-14(22)17(15)24-7-6-23-20(10-24)4-1-5-20/h8-9,11,23H,1-7,10H2,(H,27,28). The zero-order valence-corrected chi connectivity index (χ0v) is 16.1. The summed E-state index contributed by atoms with van der Waals surface area (Å²) in [5, 5.41) is 13.2. The van der Waals surface area contributed by atoms with E-state index in [1.807, 2.05) is 4.90 Å². The summed E-state index contributed by atoms with van der Waals surface area (Å²) in [5.41, 5.74) is -0.261. The van der Waals surface area contributed by atoms with Gasteiger partial charge in [0.1, 0.15) is 11.4 Å². The molecule has 0 bridgehead atoms. The maximum atomic E-state index is 15.2. The number of benzene rings is 1. The summed E-state index contributed by atoms with van der Waals surface area (Å²) in [6.45, 7) is 2.06. The van der Waals surface area contributed by atoms with E-state index in [4.69, 9.17) is 11.6 Å². The molecule has 2 N–H and O–H groups in total. The zero-order valence-electron chi connectivity index (χ0n) is 15.3. The predicted octanol–water partition coefficient (Wildman–Crippen LogP) is 3.16. The van der Waals surface area contributed by atoms with Gasteiger partial charge in [-0.1, -0.05) is 11.6 Å².